The molecule has 0 aliphatic carbocycles. The summed E-state index contributed by atoms with van der Waals surface area (Å²) < 4.78 is 30.7. The molecule has 1 saturated heterocycles. The standard InChI is InChI=1S/C9H20N2O3S/c1-14-6-3-7-15(12,13)11-9-4-2-5-10-8-9/h9-11H,2-8H2,1H3/t9-/m1/s1. The van der Waals surface area contributed by atoms with E-state index in [-0.39, 0.29) is 11.8 Å². The average molecular weight is 236 g/mol. The Morgan fingerprint density at radius 3 is 2.93 bits per heavy atom. The Hall–Kier alpha value is -0.170. The third-order valence-corrected chi connectivity index (χ3v) is 3.92. The highest BCUT2D eigenvalue weighted by molar-refractivity contribution is 7.89. The van der Waals surface area contributed by atoms with Crippen LogP contribution < -0.4 is 10.0 Å². The van der Waals surface area contributed by atoms with Crippen molar-refractivity contribution in [2.75, 3.05) is 32.6 Å². The second-order valence-electron chi connectivity index (χ2n) is 3.83. The molecule has 2 N–H and O–H groups in total. The van der Waals surface area contributed by atoms with Gasteiger partial charge in [-0.3, -0.25) is 0 Å². The van der Waals surface area contributed by atoms with Crippen LogP contribution in [0.3, 0.4) is 0 Å². The van der Waals surface area contributed by atoms with Crippen molar-refractivity contribution >= 4 is 10.0 Å². The van der Waals surface area contributed by atoms with Gasteiger partial charge in [0.25, 0.3) is 0 Å². The number of sulfonamides is 1. The van der Waals surface area contributed by atoms with Gasteiger partial charge in [-0.05, 0) is 25.8 Å². The molecule has 5 nitrogen and oxygen atoms in total. The van der Waals surface area contributed by atoms with E-state index in [1.165, 1.54) is 0 Å². The number of rotatable bonds is 6. The molecule has 0 bridgehead atoms. The zero-order valence-electron chi connectivity index (χ0n) is 9.16. The fourth-order valence-electron chi connectivity index (χ4n) is 1.66. The first kappa shape index (κ1) is 12.9. The molecule has 0 saturated carbocycles. The van der Waals surface area contributed by atoms with Crippen LogP contribution in [-0.2, 0) is 14.8 Å². The molecular weight excluding hydrogens is 216 g/mol. The van der Waals surface area contributed by atoms with E-state index >= 15 is 0 Å². The largest absolute Gasteiger partial charge is 0.385 e. The van der Waals surface area contributed by atoms with Gasteiger partial charge in [0, 0.05) is 26.3 Å². The van der Waals surface area contributed by atoms with Crippen molar-refractivity contribution in [3.8, 4) is 0 Å². The Labute approximate surface area is 91.6 Å². The van der Waals surface area contributed by atoms with Gasteiger partial charge in [0.2, 0.25) is 10.0 Å². The van der Waals surface area contributed by atoms with Crippen molar-refractivity contribution in [1.82, 2.24) is 10.0 Å². The van der Waals surface area contributed by atoms with Crippen molar-refractivity contribution in [2.45, 2.75) is 25.3 Å². The quantitative estimate of drug-likeness (QED) is 0.621. The maximum absolute atomic E-state index is 11.6. The van der Waals surface area contributed by atoms with Crippen molar-refractivity contribution < 1.29 is 13.2 Å². The zero-order chi connectivity index (χ0) is 11.1. The molecule has 0 radical (unpaired) electrons. The normalized spacial score (nSPS) is 22.9. The van der Waals surface area contributed by atoms with Gasteiger partial charge < -0.3 is 10.1 Å². The number of hydrogen-bond donors (Lipinski definition) is 2. The zero-order valence-corrected chi connectivity index (χ0v) is 9.98. The van der Waals surface area contributed by atoms with Gasteiger partial charge in [0.15, 0.2) is 0 Å². The van der Waals surface area contributed by atoms with Crippen LogP contribution in [0, 0.1) is 0 Å². The molecule has 1 atom stereocenters. The summed E-state index contributed by atoms with van der Waals surface area (Å²) in [6.07, 6.45) is 2.51. The summed E-state index contributed by atoms with van der Waals surface area (Å²) in [5, 5.41) is 3.17. The molecule has 15 heavy (non-hydrogen) atoms. The van der Waals surface area contributed by atoms with Crippen molar-refractivity contribution in [1.29, 1.82) is 0 Å². The predicted molar refractivity (Wildman–Crippen MR) is 59.3 cm³/mol. The van der Waals surface area contributed by atoms with Crippen molar-refractivity contribution in [3.63, 3.8) is 0 Å². The molecule has 1 aliphatic heterocycles. The summed E-state index contributed by atoms with van der Waals surface area (Å²) in [6, 6.07) is 0.0614. The number of piperidine rings is 1. The van der Waals surface area contributed by atoms with Gasteiger partial charge in [-0.2, -0.15) is 0 Å². The maximum atomic E-state index is 11.6. The Balaban J connectivity index is 2.27. The minimum atomic E-state index is -3.12. The average Bonchev–Trinajstić information content (AvgIpc) is 2.18. The first-order chi connectivity index (χ1) is 7.14. The number of nitrogens with one attached hydrogen (secondary N) is 2. The lowest BCUT2D eigenvalue weighted by Crippen LogP contribution is -2.46. The van der Waals surface area contributed by atoms with Crippen LogP contribution in [0.2, 0.25) is 0 Å². The number of ether oxygens (including phenoxy) is 1. The summed E-state index contributed by atoms with van der Waals surface area (Å²) in [5.74, 6) is 0.150. The molecule has 0 amide bonds. The second-order valence-corrected chi connectivity index (χ2v) is 5.70. The highest BCUT2D eigenvalue weighted by Gasteiger charge is 2.19. The van der Waals surface area contributed by atoms with Crippen molar-refractivity contribution in [3.05, 3.63) is 0 Å². The summed E-state index contributed by atoms with van der Waals surface area (Å²) in [6.45, 7) is 2.22. The minimum Gasteiger partial charge on any atom is -0.385 e. The van der Waals surface area contributed by atoms with Crippen LogP contribution in [0.1, 0.15) is 19.3 Å². The number of methoxy groups -OCH3 is 1. The van der Waals surface area contributed by atoms with Crippen LogP contribution in [0.5, 0.6) is 0 Å². The molecule has 1 rings (SSSR count). The third kappa shape index (κ3) is 5.46. The summed E-state index contributed by atoms with van der Waals surface area (Å²) in [5.41, 5.74) is 0. The molecule has 1 heterocycles. The Kier molecular flexibility index (Phi) is 5.52. The van der Waals surface area contributed by atoms with Gasteiger partial charge in [-0.25, -0.2) is 13.1 Å². The molecule has 0 unspecified atom stereocenters. The maximum Gasteiger partial charge on any atom is 0.211 e. The smallest absolute Gasteiger partial charge is 0.211 e. The molecule has 1 fully saturated rings. The van der Waals surface area contributed by atoms with Gasteiger partial charge in [0.05, 0.1) is 5.75 Å². The van der Waals surface area contributed by atoms with E-state index in [1.807, 2.05) is 0 Å². The Morgan fingerprint density at radius 2 is 2.33 bits per heavy atom. The lowest BCUT2D eigenvalue weighted by Gasteiger charge is -2.23. The molecule has 90 valence electrons. The molecule has 0 spiro atoms. The van der Waals surface area contributed by atoms with E-state index in [1.54, 1.807) is 7.11 Å². The molecule has 0 aromatic rings. The third-order valence-electron chi connectivity index (χ3n) is 2.40. The van der Waals surface area contributed by atoms with E-state index in [2.05, 4.69) is 10.0 Å². The predicted octanol–water partition coefficient (Wildman–Crippen LogP) is -0.306. The highest BCUT2D eigenvalue weighted by Crippen LogP contribution is 2.03. The summed E-state index contributed by atoms with van der Waals surface area (Å²) in [7, 11) is -1.55. The van der Waals surface area contributed by atoms with Gasteiger partial charge in [-0.15, -0.1) is 0 Å². The fraction of sp³-hybridized carbons (Fsp3) is 1.00. The van der Waals surface area contributed by atoms with Crippen LogP contribution in [0.4, 0.5) is 0 Å². The van der Waals surface area contributed by atoms with E-state index in [0.29, 0.717) is 13.0 Å². The molecule has 0 aromatic heterocycles. The first-order valence-electron chi connectivity index (χ1n) is 5.34. The SMILES string of the molecule is COCCCS(=O)(=O)N[C@@H]1CCCNC1. The van der Waals surface area contributed by atoms with Gasteiger partial charge >= 0.3 is 0 Å². The van der Waals surface area contributed by atoms with E-state index in [9.17, 15) is 8.42 Å². The van der Waals surface area contributed by atoms with Crippen LogP contribution >= 0.6 is 0 Å². The van der Waals surface area contributed by atoms with E-state index < -0.39 is 10.0 Å². The van der Waals surface area contributed by atoms with Crippen LogP contribution in [-0.4, -0.2) is 47.0 Å². The minimum absolute atomic E-state index is 0.0614. The summed E-state index contributed by atoms with van der Waals surface area (Å²) in [4.78, 5) is 0. The first-order valence-corrected chi connectivity index (χ1v) is 6.99. The molecule has 0 aromatic carbocycles. The number of hydrogen-bond acceptors (Lipinski definition) is 4. The van der Waals surface area contributed by atoms with Gasteiger partial charge in [0.1, 0.15) is 0 Å². The van der Waals surface area contributed by atoms with Crippen LogP contribution in [0.25, 0.3) is 0 Å². The van der Waals surface area contributed by atoms with Crippen LogP contribution in [0.15, 0.2) is 0 Å². The topological polar surface area (TPSA) is 67.4 Å². The lowest BCUT2D eigenvalue weighted by atomic mass is 10.1. The lowest BCUT2D eigenvalue weighted by molar-refractivity contribution is 0.199. The van der Waals surface area contributed by atoms with Crippen molar-refractivity contribution in [2.24, 2.45) is 0 Å². The van der Waals surface area contributed by atoms with E-state index in [0.717, 1.165) is 25.9 Å². The molecule has 1 aliphatic rings. The Morgan fingerprint density at radius 1 is 1.53 bits per heavy atom. The Bertz CT molecular complexity index is 261. The van der Waals surface area contributed by atoms with Gasteiger partial charge in [-0.1, -0.05) is 0 Å². The highest BCUT2D eigenvalue weighted by atomic mass is 32.2. The second kappa shape index (κ2) is 6.42. The monoisotopic (exact) mass is 236 g/mol. The van der Waals surface area contributed by atoms with E-state index in [4.69, 9.17) is 4.74 Å². The summed E-state index contributed by atoms with van der Waals surface area (Å²) >= 11 is 0. The molecule has 6 heteroatoms. The fourth-order valence-corrected chi connectivity index (χ4v) is 2.98. The molecular formula is C9H20N2O3S.